The average Bonchev–Trinajstić information content (AvgIpc) is 2.83. The maximum atomic E-state index is 12.0. The first kappa shape index (κ1) is 14.1. The molecule has 0 bridgehead atoms. The van der Waals surface area contributed by atoms with Gasteiger partial charge in [-0.15, -0.1) is 0 Å². The van der Waals surface area contributed by atoms with Gasteiger partial charge in [-0.3, -0.25) is 4.79 Å². The molecule has 19 heavy (non-hydrogen) atoms. The van der Waals surface area contributed by atoms with Gasteiger partial charge < -0.3 is 14.6 Å². The van der Waals surface area contributed by atoms with Crippen molar-refractivity contribution in [2.24, 2.45) is 5.92 Å². The number of rotatable bonds is 6. The van der Waals surface area contributed by atoms with Crippen molar-refractivity contribution in [1.82, 2.24) is 10.2 Å². The van der Waals surface area contributed by atoms with Crippen LogP contribution >= 0.6 is 0 Å². The quantitative estimate of drug-likeness (QED) is 0.803. The molecule has 1 N–H and O–H groups in total. The molecule has 0 spiro atoms. The number of furan rings is 1. The molecule has 1 aromatic heterocycles. The Bertz CT molecular complexity index is 414. The van der Waals surface area contributed by atoms with Gasteiger partial charge in [-0.25, -0.2) is 0 Å². The van der Waals surface area contributed by atoms with Gasteiger partial charge in [0.05, 0.1) is 13.1 Å². The third-order valence-electron chi connectivity index (χ3n) is 3.59. The van der Waals surface area contributed by atoms with E-state index in [9.17, 15) is 4.79 Å². The van der Waals surface area contributed by atoms with Crippen LogP contribution in [0, 0.1) is 5.92 Å². The molecule has 0 aliphatic carbocycles. The van der Waals surface area contributed by atoms with Crippen LogP contribution in [-0.4, -0.2) is 23.9 Å². The number of hydrogen-bond donors (Lipinski definition) is 1. The fraction of sp³-hybridized carbons (Fsp3) is 0.667. The fourth-order valence-electron chi connectivity index (χ4n) is 2.47. The summed E-state index contributed by atoms with van der Waals surface area (Å²) in [6, 6.07) is 3.98. The second-order valence-corrected chi connectivity index (χ2v) is 5.35. The van der Waals surface area contributed by atoms with Crippen LogP contribution in [0.25, 0.3) is 0 Å². The number of nitrogens with one attached hydrogen (secondary N) is 1. The first-order valence-corrected chi connectivity index (χ1v) is 7.27. The van der Waals surface area contributed by atoms with Crippen molar-refractivity contribution in [3.8, 4) is 0 Å². The molecule has 2 heterocycles. The van der Waals surface area contributed by atoms with E-state index in [-0.39, 0.29) is 11.8 Å². The van der Waals surface area contributed by atoms with Crippen LogP contribution in [0.2, 0.25) is 0 Å². The summed E-state index contributed by atoms with van der Waals surface area (Å²) in [6.07, 6.45) is 3.23. The molecule has 1 unspecified atom stereocenters. The summed E-state index contributed by atoms with van der Waals surface area (Å²) in [5, 5.41) is 3.31. The zero-order valence-electron chi connectivity index (χ0n) is 11.9. The van der Waals surface area contributed by atoms with Crippen molar-refractivity contribution in [2.75, 3.05) is 13.1 Å². The van der Waals surface area contributed by atoms with E-state index in [0.29, 0.717) is 6.54 Å². The Labute approximate surface area is 115 Å². The van der Waals surface area contributed by atoms with Gasteiger partial charge in [0.15, 0.2) is 0 Å². The summed E-state index contributed by atoms with van der Waals surface area (Å²) in [4.78, 5) is 13.9. The minimum Gasteiger partial charge on any atom is -0.463 e. The minimum absolute atomic E-state index is 0.161. The molecule has 1 atom stereocenters. The highest BCUT2D eigenvalue weighted by molar-refractivity contribution is 5.79. The predicted molar refractivity (Wildman–Crippen MR) is 74.5 cm³/mol. The van der Waals surface area contributed by atoms with Gasteiger partial charge in [-0.05, 0) is 37.9 Å². The standard InChI is InChI=1S/C15H24N2O2/c1-3-8-16-10-13-6-7-14(19-13)11-17-9-4-5-12(2)15(17)18/h6-7,12,16H,3-5,8-11H2,1-2H3. The highest BCUT2D eigenvalue weighted by atomic mass is 16.3. The summed E-state index contributed by atoms with van der Waals surface area (Å²) >= 11 is 0. The Hall–Kier alpha value is -1.29. The molecule has 1 aliphatic heterocycles. The molecule has 1 saturated heterocycles. The van der Waals surface area contributed by atoms with Crippen LogP contribution < -0.4 is 5.32 Å². The van der Waals surface area contributed by atoms with Crippen LogP contribution in [-0.2, 0) is 17.9 Å². The number of amides is 1. The zero-order valence-corrected chi connectivity index (χ0v) is 11.9. The van der Waals surface area contributed by atoms with Gasteiger partial charge >= 0.3 is 0 Å². The number of carbonyl (C=O) groups excluding carboxylic acids is 1. The predicted octanol–water partition coefficient (Wildman–Crippen LogP) is 2.54. The molecule has 4 heteroatoms. The maximum absolute atomic E-state index is 12.0. The normalized spacial score (nSPS) is 20.0. The summed E-state index contributed by atoms with van der Waals surface area (Å²) in [5.74, 6) is 2.25. The average molecular weight is 264 g/mol. The maximum Gasteiger partial charge on any atom is 0.225 e. The minimum atomic E-state index is 0.161. The SMILES string of the molecule is CCCNCc1ccc(CN2CCCC(C)C2=O)o1. The van der Waals surface area contributed by atoms with E-state index in [1.165, 1.54) is 0 Å². The Morgan fingerprint density at radius 2 is 2.21 bits per heavy atom. The van der Waals surface area contributed by atoms with E-state index in [1.807, 2.05) is 24.0 Å². The molecule has 0 radical (unpaired) electrons. The molecule has 1 fully saturated rings. The van der Waals surface area contributed by atoms with Crippen LogP contribution in [0.3, 0.4) is 0 Å². The largest absolute Gasteiger partial charge is 0.463 e. The monoisotopic (exact) mass is 264 g/mol. The van der Waals surface area contributed by atoms with Gasteiger partial charge in [-0.1, -0.05) is 13.8 Å². The van der Waals surface area contributed by atoms with Crippen molar-refractivity contribution in [1.29, 1.82) is 0 Å². The molecule has 1 aliphatic rings. The van der Waals surface area contributed by atoms with Crippen LogP contribution in [0.5, 0.6) is 0 Å². The van der Waals surface area contributed by atoms with Gasteiger partial charge in [0.2, 0.25) is 5.91 Å². The van der Waals surface area contributed by atoms with Gasteiger partial charge in [0.1, 0.15) is 11.5 Å². The van der Waals surface area contributed by atoms with E-state index in [4.69, 9.17) is 4.42 Å². The smallest absolute Gasteiger partial charge is 0.225 e. The Morgan fingerprint density at radius 1 is 1.42 bits per heavy atom. The lowest BCUT2D eigenvalue weighted by Crippen LogP contribution is -2.39. The Morgan fingerprint density at radius 3 is 3.00 bits per heavy atom. The molecule has 1 aromatic rings. The molecule has 0 aromatic carbocycles. The lowest BCUT2D eigenvalue weighted by molar-refractivity contribution is -0.138. The van der Waals surface area contributed by atoms with Crippen LogP contribution in [0.15, 0.2) is 16.5 Å². The molecule has 106 valence electrons. The van der Waals surface area contributed by atoms with Crippen LogP contribution in [0.4, 0.5) is 0 Å². The van der Waals surface area contributed by atoms with E-state index in [2.05, 4.69) is 12.2 Å². The van der Waals surface area contributed by atoms with Crippen molar-refractivity contribution < 1.29 is 9.21 Å². The lowest BCUT2D eigenvalue weighted by atomic mass is 9.99. The third-order valence-corrected chi connectivity index (χ3v) is 3.59. The second kappa shape index (κ2) is 6.75. The van der Waals surface area contributed by atoms with E-state index < -0.39 is 0 Å². The molecule has 4 nitrogen and oxygen atoms in total. The van der Waals surface area contributed by atoms with Gasteiger partial charge in [-0.2, -0.15) is 0 Å². The number of hydrogen-bond acceptors (Lipinski definition) is 3. The number of likely N-dealkylation sites (tertiary alicyclic amines) is 1. The van der Waals surface area contributed by atoms with Gasteiger partial charge in [0, 0.05) is 12.5 Å². The summed E-state index contributed by atoms with van der Waals surface area (Å²) in [6.45, 7) is 7.38. The summed E-state index contributed by atoms with van der Waals surface area (Å²) in [7, 11) is 0. The van der Waals surface area contributed by atoms with E-state index >= 15 is 0 Å². The highest BCUT2D eigenvalue weighted by Crippen LogP contribution is 2.20. The number of nitrogens with zero attached hydrogens (tertiary/aromatic N) is 1. The fourth-order valence-corrected chi connectivity index (χ4v) is 2.47. The highest BCUT2D eigenvalue weighted by Gasteiger charge is 2.25. The van der Waals surface area contributed by atoms with Crippen LogP contribution in [0.1, 0.15) is 44.6 Å². The second-order valence-electron chi connectivity index (χ2n) is 5.35. The topological polar surface area (TPSA) is 45.5 Å². The third kappa shape index (κ3) is 3.83. The molecule has 2 rings (SSSR count). The molecule has 0 saturated carbocycles. The summed E-state index contributed by atoms with van der Waals surface area (Å²) < 4.78 is 5.76. The summed E-state index contributed by atoms with van der Waals surface area (Å²) in [5.41, 5.74) is 0. The Kier molecular flexibility index (Phi) is 5.02. The first-order valence-electron chi connectivity index (χ1n) is 7.27. The van der Waals surface area contributed by atoms with E-state index in [0.717, 1.165) is 50.4 Å². The first-order chi connectivity index (χ1) is 9.20. The van der Waals surface area contributed by atoms with Crippen molar-refractivity contribution in [3.63, 3.8) is 0 Å². The Balaban J connectivity index is 1.87. The van der Waals surface area contributed by atoms with Gasteiger partial charge in [0.25, 0.3) is 0 Å². The van der Waals surface area contributed by atoms with Crippen molar-refractivity contribution >= 4 is 5.91 Å². The molecular weight excluding hydrogens is 240 g/mol. The molecule has 1 amide bonds. The van der Waals surface area contributed by atoms with Crippen molar-refractivity contribution in [3.05, 3.63) is 23.7 Å². The lowest BCUT2D eigenvalue weighted by Gasteiger charge is -2.29. The van der Waals surface area contributed by atoms with Crippen molar-refractivity contribution in [2.45, 2.75) is 46.2 Å². The number of carbonyl (C=O) groups is 1. The number of piperidine rings is 1. The zero-order chi connectivity index (χ0) is 13.7. The van der Waals surface area contributed by atoms with E-state index in [1.54, 1.807) is 0 Å². The molecular formula is C15H24N2O2.